The van der Waals surface area contributed by atoms with Crippen LogP contribution in [0.5, 0.6) is 5.75 Å². The predicted octanol–water partition coefficient (Wildman–Crippen LogP) is 8.03. The summed E-state index contributed by atoms with van der Waals surface area (Å²) in [6.07, 6.45) is 9.82. The Labute approximate surface area is 269 Å². The summed E-state index contributed by atoms with van der Waals surface area (Å²) in [5, 5.41) is 31.9. The second-order valence-electron chi connectivity index (χ2n) is 17.0. The molecule has 0 spiro atoms. The van der Waals surface area contributed by atoms with Gasteiger partial charge in [0.05, 0.1) is 11.5 Å². The molecule has 45 heavy (non-hydrogen) atoms. The van der Waals surface area contributed by atoms with E-state index in [0.29, 0.717) is 18.3 Å². The topological polar surface area (TPSA) is 104 Å². The van der Waals surface area contributed by atoms with Gasteiger partial charge in [0.25, 0.3) is 0 Å². The molecule has 5 saturated carbocycles. The quantitative estimate of drug-likeness (QED) is 0.175. The fraction of sp³-hybridized carbons (Fsp3) is 0.692. The van der Waals surface area contributed by atoms with Crippen LogP contribution in [0.25, 0.3) is 6.08 Å². The molecule has 5 fully saturated rings. The summed E-state index contributed by atoms with van der Waals surface area (Å²) in [5.74, 6) is 0.537. The molecule has 5 aliphatic rings. The van der Waals surface area contributed by atoms with Crippen LogP contribution in [0.15, 0.2) is 42.5 Å². The number of carboxylic acids is 1. The molecule has 5 aliphatic carbocycles. The Bertz CT molecular complexity index is 1390. The molecule has 11 atom stereocenters. The van der Waals surface area contributed by atoms with Crippen molar-refractivity contribution in [2.45, 2.75) is 112 Å². The van der Waals surface area contributed by atoms with Crippen LogP contribution in [0.4, 0.5) is 0 Å². The molecule has 6 nitrogen and oxygen atoms in total. The first-order valence-corrected chi connectivity index (χ1v) is 17.3. The van der Waals surface area contributed by atoms with Gasteiger partial charge >= 0.3 is 11.9 Å². The molecule has 0 aliphatic heterocycles. The van der Waals surface area contributed by atoms with Crippen molar-refractivity contribution in [1.29, 1.82) is 0 Å². The molecule has 6 rings (SSSR count). The normalized spacial score (nSPS) is 45.1. The maximum absolute atomic E-state index is 13.0. The highest BCUT2D eigenvalue weighted by Crippen LogP contribution is 2.77. The number of rotatable bonds is 5. The van der Waals surface area contributed by atoms with Gasteiger partial charge < -0.3 is 20.1 Å². The lowest BCUT2D eigenvalue weighted by Gasteiger charge is -2.73. The van der Waals surface area contributed by atoms with E-state index in [1.54, 1.807) is 30.3 Å². The first-order valence-electron chi connectivity index (χ1n) is 17.3. The number of aliphatic carboxylic acids is 1. The van der Waals surface area contributed by atoms with Crippen LogP contribution in [0.2, 0.25) is 0 Å². The maximum Gasteiger partial charge on any atom is 0.331 e. The van der Waals surface area contributed by atoms with Gasteiger partial charge in [0.1, 0.15) is 11.9 Å². The molecule has 0 amide bonds. The average Bonchev–Trinajstić information content (AvgIpc) is 3.37. The average molecular weight is 619 g/mol. The Hall–Kier alpha value is -2.60. The van der Waals surface area contributed by atoms with Crippen molar-refractivity contribution in [3.05, 3.63) is 48.1 Å². The highest BCUT2D eigenvalue weighted by Gasteiger charge is 2.72. The second-order valence-corrected chi connectivity index (χ2v) is 17.0. The number of hydrogen-bond acceptors (Lipinski definition) is 5. The van der Waals surface area contributed by atoms with Crippen molar-refractivity contribution in [2.75, 3.05) is 0 Å². The molecular weight excluding hydrogens is 564 g/mol. The number of phenolic OH excluding ortho intramolecular Hbond substituents is 1. The smallest absolute Gasteiger partial charge is 0.331 e. The van der Waals surface area contributed by atoms with Crippen LogP contribution in [0, 0.1) is 56.7 Å². The summed E-state index contributed by atoms with van der Waals surface area (Å²) >= 11 is 0. The van der Waals surface area contributed by atoms with E-state index in [2.05, 4.69) is 48.1 Å². The van der Waals surface area contributed by atoms with E-state index in [4.69, 9.17) is 4.74 Å². The number of ether oxygens (including phenoxy) is 1. The van der Waals surface area contributed by atoms with E-state index in [1.165, 1.54) is 6.08 Å². The van der Waals surface area contributed by atoms with E-state index in [-0.39, 0.29) is 39.7 Å². The lowest BCUT2D eigenvalue weighted by molar-refractivity contribution is -0.265. The van der Waals surface area contributed by atoms with Crippen molar-refractivity contribution in [3.63, 3.8) is 0 Å². The standard InChI is InChI=1S/C39H54O6/c1-23(2)26-16-19-39(34(43)44)21-20-37(6)27(32(26)39)13-14-30-36(5)22-28(41)33(35(3,4)29(36)17-18-38(30,37)7)45-31(42)15-10-24-8-11-25(40)12-9-24/h8-12,15,26-30,32-33,40-41H,1,13-14,16-22H2,2-7H3,(H,43,44)/t26-,27+,28+,29-,30+,32-,33-,36-,37+,38+,39-/m0/s1. The van der Waals surface area contributed by atoms with Gasteiger partial charge in [0.15, 0.2) is 0 Å². The van der Waals surface area contributed by atoms with Gasteiger partial charge in [0.2, 0.25) is 0 Å². The zero-order valence-electron chi connectivity index (χ0n) is 28.1. The summed E-state index contributed by atoms with van der Waals surface area (Å²) in [5.41, 5.74) is 0.796. The summed E-state index contributed by atoms with van der Waals surface area (Å²) in [6.45, 7) is 18.2. The molecular formula is C39H54O6. The van der Waals surface area contributed by atoms with Crippen LogP contribution in [0.3, 0.4) is 0 Å². The van der Waals surface area contributed by atoms with Crippen molar-refractivity contribution in [1.82, 2.24) is 0 Å². The fourth-order valence-electron chi connectivity index (χ4n) is 12.8. The number of phenols is 1. The Morgan fingerprint density at radius 1 is 0.911 bits per heavy atom. The minimum absolute atomic E-state index is 0.0169. The summed E-state index contributed by atoms with van der Waals surface area (Å²) < 4.78 is 6.05. The van der Waals surface area contributed by atoms with E-state index in [0.717, 1.165) is 62.5 Å². The van der Waals surface area contributed by atoms with Crippen LogP contribution in [0.1, 0.15) is 105 Å². The molecule has 246 valence electrons. The number of esters is 1. The van der Waals surface area contributed by atoms with Crippen molar-refractivity contribution in [3.8, 4) is 5.75 Å². The molecule has 0 unspecified atom stereocenters. The lowest BCUT2D eigenvalue weighted by atomic mass is 9.32. The first-order chi connectivity index (χ1) is 21.0. The number of carboxylic acid groups (broad SMARTS) is 1. The van der Waals surface area contributed by atoms with E-state index < -0.39 is 35.0 Å². The van der Waals surface area contributed by atoms with Crippen molar-refractivity contribution < 1.29 is 29.6 Å². The zero-order chi connectivity index (χ0) is 32.7. The van der Waals surface area contributed by atoms with Crippen LogP contribution >= 0.6 is 0 Å². The number of carbonyl (C=O) groups is 2. The number of aliphatic hydroxyl groups is 1. The van der Waals surface area contributed by atoms with Crippen LogP contribution in [-0.2, 0) is 14.3 Å². The minimum atomic E-state index is -0.770. The lowest BCUT2D eigenvalue weighted by Crippen LogP contribution is -2.69. The minimum Gasteiger partial charge on any atom is -0.508 e. The number of carbonyl (C=O) groups excluding carboxylic acids is 1. The molecule has 6 heteroatoms. The van der Waals surface area contributed by atoms with Gasteiger partial charge in [-0.05, 0) is 134 Å². The number of benzene rings is 1. The molecule has 1 aromatic rings. The van der Waals surface area contributed by atoms with Crippen molar-refractivity contribution >= 4 is 18.0 Å². The van der Waals surface area contributed by atoms with Gasteiger partial charge in [-0.25, -0.2) is 4.79 Å². The number of aromatic hydroxyl groups is 1. The molecule has 0 aromatic heterocycles. The number of allylic oxidation sites excluding steroid dienone is 1. The fourth-order valence-corrected chi connectivity index (χ4v) is 12.8. The van der Waals surface area contributed by atoms with Gasteiger partial charge in [-0.15, -0.1) is 0 Å². The molecule has 0 saturated heterocycles. The summed E-state index contributed by atoms with van der Waals surface area (Å²) in [7, 11) is 0. The van der Waals surface area contributed by atoms with E-state index in [9.17, 15) is 24.9 Å². The Morgan fingerprint density at radius 2 is 1.60 bits per heavy atom. The van der Waals surface area contributed by atoms with Crippen LogP contribution in [-0.4, -0.2) is 39.5 Å². The van der Waals surface area contributed by atoms with Crippen molar-refractivity contribution in [2.24, 2.45) is 56.7 Å². The third-order valence-electron chi connectivity index (χ3n) is 14.9. The maximum atomic E-state index is 13.0. The number of hydrogen-bond donors (Lipinski definition) is 3. The molecule has 1 aromatic carbocycles. The summed E-state index contributed by atoms with van der Waals surface area (Å²) in [6, 6.07) is 6.62. The number of fused-ring (bicyclic) bond motifs is 7. The zero-order valence-corrected chi connectivity index (χ0v) is 28.1. The third-order valence-corrected chi connectivity index (χ3v) is 14.9. The van der Waals surface area contributed by atoms with Gasteiger partial charge in [-0.2, -0.15) is 0 Å². The third kappa shape index (κ3) is 4.58. The molecule has 3 N–H and O–H groups in total. The van der Waals surface area contributed by atoms with Gasteiger partial charge in [0, 0.05) is 11.5 Å². The Kier molecular flexibility index (Phi) is 7.70. The largest absolute Gasteiger partial charge is 0.508 e. The molecule has 0 heterocycles. The van der Waals surface area contributed by atoms with E-state index >= 15 is 0 Å². The Morgan fingerprint density at radius 3 is 2.24 bits per heavy atom. The highest BCUT2D eigenvalue weighted by molar-refractivity contribution is 5.87. The second kappa shape index (κ2) is 10.7. The van der Waals surface area contributed by atoms with E-state index in [1.807, 2.05) is 0 Å². The number of aliphatic hydroxyl groups excluding tert-OH is 1. The van der Waals surface area contributed by atoms with Gasteiger partial charge in [-0.1, -0.05) is 58.9 Å². The predicted molar refractivity (Wildman–Crippen MR) is 175 cm³/mol. The monoisotopic (exact) mass is 618 g/mol. The summed E-state index contributed by atoms with van der Waals surface area (Å²) in [4.78, 5) is 26.0. The highest BCUT2D eigenvalue weighted by atomic mass is 16.6. The SMILES string of the molecule is C=C(C)[C@@H]1CC[C@]2(C(=O)O)CC[C@]3(C)[C@H](CC[C@@H]4[C@@]5(C)C[C@@H](O)[C@H](OC(=O)C=Cc6ccc(O)cc6)C(C)(C)[C@@H]5CC[C@]43C)[C@H]12. The molecule has 0 bridgehead atoms. The first kappa shape index (κ1) is 32.3. The van der Waals surface area contributed by atoms with Gasteiger partial charge in [-0.3, -0.25) is 4.79 Å². The Balaban J connectivity index is 1.27. The van der Waals surface area contributed by atoms with Crippen LogP contribution < -0.4 is 0 Å². The molecule has 0 radical (unpaired) electrons.